The van der Waals surface area contributed by atoms with E-state index in [0.29, 0.717) is 21.9 Å². The van der Waals surface area contributed by atoms with Gasteiger partial charge in [0, 0.05) is 30.9 Å². The molecule has 3 aromatic carbocycles. The Morgan fingerprint density at radius 3 is 2.34 bits per heavy atom. The number of aromatic hydroxyl groups is 1. The van der Waals surface area contributed by atoms with E-state index in [1.165, 1.54) is 13.1 Å². The largest absolute Gasteiger partial charge is 0.506 e. The molecule has 1 aromatic heterocycles. The van der Waals surface area contributed by atoms with Crippen LogP contribution in [0.4, 0.5) is 13.2 Å². The van der Waals surface area contributed by atoms with Gasteiger partial charge in [-0.15, -0.1) is 0 Å². The molecule has 1 N–H and O–H groups in total. The van der Waals surface area contributed by atoms with Crippen molar-refractivity contribution >= 4 is 17.8 Å². The van der Waals surface area contributed by atoms with Crippen molar-refractivity contribution in [2.75, 3.05) is 7.05 Å². The van der Waals surface area contributed by atoms with E-state index in [1.54, 1.807) is 43.6 Å². The molecule has 35 heavy (non-hydrogen) atoms. The molecule has 0 amide bonds. The molecule has 0 fully saturated rings. The van der Waals surface area contributed by atoms with Crippen molar-refractivity contribution < 1.29 is 23.0 Å². The third-order valence-electron chi connectivity index (χ3n) is 5.37. The molecule has 4 rings (SSSR count). The third kappa shape index (κ3) is 5.33. The average Bonchev–Trinajstić information content (AvgIpc) is 3.21. The molecular formula is C26H21ClF3N3O2. The molecule has 1 heterocycles. The second kappa shape index (κ2) is 9.84. The van der Waals surface area contributed by atoms with E-state index >= 15 is 0 Å². The fraction of sp³-hybridized carbons (Fsp3) is 0.154. The number of aromatic nitrogens is 2. The fourth-order valence-electron chi connectivity index (χ4n) is 3.67. The summed E-state index contributed by atoms with van der Waals surface area (Å²) in [4.78, 5) is 3.99. The van der Waals surface area contributed by atoms with Crippen LogP contribution in [0.1, 0.15) is 16.8 Å². The van der Waals surface area contributed by atoms with Crippen LogP contribution < -0.4 is 4.74 Å². The summed E-state index contributed by atoms with van der Waals surface area (Å²) in [5, 5.41) is 15.8. The van der Waals surface area contributed by atoms with E-state index in [2.05, 4.69) is 10.1 Å². The summed E-state index contributed by atoms with van der Waals surface area (Å²) in [5.74, 6) is 0.132. The molecule has 0 aliphatic heterocycles. The molecule has 180 valence electrons. The fourth-order valence-corrected chi connectivity index (χ4v) is 3.80. The van der Waals surface area contributed by atoms with Crippen molar-refractivity contribution in [2.45, 2.75) is 12.8 Å². The van der Waals surface area contributed by atoms with E-state index in [4.69, 9.17) is 16.3 Å². The molecule has 0 saturated heterocycles. The molecule has 0 unspecified atom stereocenters. The van der Waals surface area contributed by atoms with Gasteiger partial charge in [-0.3, -0.25) is 9.67 Å². The van der Waals surface area contributed by atoms with Crippen LogP contribution in [-0.4, -0.2) is 28.1 Å². The topological polar surface area (TPSA) is 59.6 Å². The number of rotatable bonds is 6. The second-order valence-electron chi connectivity index (χ2n) is 7.80. The summed E-state index contributed by atoms with van der Waals surface area (Å²) in [6.45, 7) is 0.200. The quantitative estimate of drug-likeness (QED) is 0.298. The van der Waals surface area contributed by atoms with Crippen LogP contribution in [-0.2, 0) is 19.8 Å². The van der Waals surface area contributed by atoms with Crippen LogP contribution in [0.15, 0.2) is 71.7 Å². The van der Waals surface area contributed by atoms with E-state index in [9.17, 15) is 18.3 Å². The van der Waals surface area contributed by atoms with Crippen molar-refractivity contribution in [3.63, 3.8) is 0 Å². The first kappa shape index (κ1) is 24.3. The Morgan fingerprint density at radius 1 is 1.06 bits per heavy atom. The maximum Gasteiger partial charge on any atom is 0.433 e. The molecule has 5 nitrogen and oxygen atoms in total. The molecule has 9 heteroatoms. The average molecular weight is 500 g/mol. The van der Waals surface area contributed by atoms with Gasteiger partial charge in [0.1, 0.15) is 23.8 Å². The lowest BCUT2D eigenvalue weighted by atomic mass is 9.97. The number of aryl methyl sites for hydroxylation is 1. The summed E-state index contributed by atoms with van der Waals surface area (Å²) in [6, 6.07) is 18.4. The van der Waals surface area contributed by atoms with Gasteiger partial charge in [-0.25, -0.2) is 0 Å². The molecule has 0 aliphatic carbocycles. The zero-order chi connectivity index (χ0) is 25.2. The van der Waals surface area contributed by atoms with Gasteiger partial charge in [-0.2, -0.15) is 18.3 Å². The molecular weight excluding hydrogens is 479 g/mol. The number of ether oxygens (including phenoxy) is 1. The number of alkyl halides is 3. The lowest BCUT2D eigenvalue weighted by molar-refractivity contribution is -0.143. The van der Waals surface area contributed by atoms with Crippen molar-refractivity contribution in [3.05, 3.63) is 88.6 Å². The standard InChI is InChI=1S/C26H21ClF3N3O2/c1-31-14-16-3-7-18(8-4-16)24-22(35-15-17-5-9-19(27)10-6-17)12-11-20(25(24)34)21-13-23(26(28,29)30)33(2)32-21/h3-14,34H,15H2,1-2H3. The minimum atomic E-state index is -4.57. The Balaban J connectivity index is 1.79. The van der Waals surface area contributed by atoms with Crippen molar-refractivity contribution in [2.24, 2.45) is 12.0 Å². The van der Waals surface area contributed by atoms with Crippen LogP contribution in [0.5, 0.6) is 11.5 Å². The van der Waals surface area contributed by atoms with Crippen LogP contribution in [0.3, 0.4) is 0 Å². The maximum atomic E-state index is 13.3. The molecule has 0 aliphatic rings. The van der Waals surface area contributed by atoms with Gasteiger partial charge in [0.2, 0.25) is 0 Å². The Bertz CT molecular complexity index is 1360. The highest BCUT2D eigenvalue weighted by Gasteiger charge is 2.35. The van der Waals surface area contributed by atoms with Gasteiger partial charge in [-0.1, -0.05) is 48.0 Å². The smallest absolute Gasteiger partial charge is 0.433 e. The number of aliphatic imine (C=N–C) groups is 1. The maximum absolute atomic E-state index is 13.3. The monoisotopic (exact) mass is 499 g/mol. The summed E-state index contributed by atoms with van der Waals surface area (Å²) in [5.41, 5.74) is 1.92. The first-order valence-electron chi connectivity index (χ1n) is 10.5. The van der Waals surface area contributed by atoms with Gasteiger partial charge in [-0.05, 0) is 47.0 Å². The highest BCUT2D eigenvalue weighted by Crippen LogP contribution is 2.45. The SMILES string of the molecule is CN=Cc1ccc(-c2c(OCc3ccc(Cl)cc3)ccc(-c3cc(C(F)(F)F)n(C)n3)c2O)cc1. The minimum Gasteiger partial charge on any atom is -0.506 e. The number of hydrogen-bond acceptors (Lipinski definition) is 4. The van der Waals surface area contributed by atoms with Gasteiger partial charge < -0.3 is 9.84 Å². The van der Waals surface area contributed by atoms with Crippen LogP contribution in [0, 0.1) is 0 Å². The normalized spacial score (nSPS) is 11.8. The Morgan fingerprint density at radius 2 is 1.74 bits per heavy atom. The number of hydrogen-bond donors (Lipinski definition) is 1. The number of halogens is 4. The van der Waals surface area contributed by atoms with Crippen LogP contribution in [0.2, 0.25) is 5.02 Å². The highest BCUT2D eigenvalue weighted by atomic mass is 35.5. The minimum absolute atomic E-state index is 0.00226. The third-order valence-corrected chi connectivity index (χ3v) is 5.62. The number of nitrogens with zero attached hydrogens (tertiary/aromatic N) is 3. The van der Waals surface area contributed by atoms with Gasteiger partial charge in [0.05, 0.1) is 11.3 Å². The summed E-state index contributed by atoms with van der Waals surface area (Å²) < 4.78 is 46.7. The predicted molar refractivity (Wildman–Crippen MR) is 130 cm³/mol. The van der Waals surface area contributed by atoms with Crippen molar-refractivity contribution in [3.8, 4) is 33.9 Å². The van der Waals surface area contributed by atoms with Crippen LogP contribution in [0.25, 0.3) is 22.4 Å². The first-order chi connectivity index (χ1) is 16.7. The lowest BCUT2D eigenvalue weighted by Gasteiger charge is -2.16. The van der Waals surface area contributed by atoms with Gasteiger partial charge in [0.15, 0.2) is 0 Å². The summed E-state index contributed by atoms with van der Waals surface area (Å²) in [6.07, 6.45) is -2.89. The van der Waals surface area contributed by atoms with Crippen molar-refractivity contribution in [1.82, 2.24) is 9.78 Å². The predicted octanol–water partition coefficient (Wildman–Crippen LogP) is 6.76. The van der Waals surface area contributed by atoms with Crippen LogP contribution >= 0.6 is 11.6 Å². The lowest BCUT2D eigenvalue weighted by Crippen LogP contribution is -2.11. The van der Waals surface area contributed by atoms with E-state index in [0.717, 1.165) is 21.9 Å². The first-order valence-corrected chi connectivity index (χ1v) is 10.9. The molecule has 0 atom stereocenters. The molecule has 0 spiro atoms. The van der Waals surface area contributed by atoms with Gasteiger partial charge in [0.25, 0.3) is 0 Å². The molecule has 0 saturated carbocycles. The zero-order valence-corrected chi connectivity index (χ0v) is 19.6. The molecule has 4 aromatic rings. The number of phenols is 1. The Hall–Kier alpha value is -3.78. The summed E-state index contributed by atoms with van der Waals surface area (Å²) >= 11 is 5.95. The highest BCUT2D eigenvalue weighted by molar-refractivity contribution is 6.30. The Kier molecular flexibility index (Phi) is 6.84. The van der Waals surface area contributed by atoms with E-state index in [1.807, 2.05) is 24.3 Å². The van der Waals surface area contributed by atoms with Gasteiger partial charge >= 0.3 is 6.18 Å². The van der Waals surface area contributed by atoms with E-state index in [-0.39, 0.29) is 23.6 Å². The molecule has 0 bridgehead atoms. The van der Waals surface area contributed by atoms with Crippen molar-refractivity contribution in [1.29, 1.82) is 0 Å². The number of phenolic OH excluding ortho intramolecular Hbond substituents is 1. The Labute approximate surface area is 205 Å². The number of benzene rings is 3. The summed E-state index contributed by atoms with van der Waals surface area (Å²) in [7, 11) is 2.87. The zero-order valence-electron chi connectivity index (χ0n) is 18.8. The second-order valence-corrected chi connectivity index (χ2v) is 8.23. The molecule has 0 radical (unpaired) electrons. The van der Waals surface area contributed by atoms with E-state index < -0.39 is 11.9 Å².